The first kappa shape index (κ1) is 23.7. The van der Waals surface area contributed by atoms with Crippen LogP contribution in [-0.2, 0) is 29.0 Å². The molecule has 4 amide bonds. The number of amides is 4. The van der Waals surface area contributed by atoms with Crippen LogP contribution >= 0.6 is 0 Å². The van der Waals surface area contributed by atoms with Gasteiger partial charge in [-0.1, -0.05) is 18.2 Å². The molecule has 0 aromatic heterocycles. The highest BCUT2D eigenvalue weighted by atomic mass is 32.2. The Balaban J connectivity index is 1.72. The molecule has 174 valence electrons. The van der Waals surface area contributed by atoms with Crippen LogP contribution in [0.5, 0.6) is 0 Å². The van der Waals surface area contributed by atoms with Gasteiger partial charge in [-0.25, -0.2) is 8.42 Å². The van der Waals surface area contributed by atoms with E-state index in [2.05, 4.69) is 10.6 Å². The summed E-state index contributed by atoms with van der Waals surface area (Å²) in [5, 5.41) is 5.31. The Kier molecular flexibility index (Phi) is 7.46. The van der Waals surface area contributed by atoms with Crippen molar-refractivity contribution in [3.05, 3.63) is 30.3 Å². The third-order valence-corrected chi connectivity index (χ3v) is 7.17. The number of nitrogens with one attached hydrogen (secondary N) is 2. The second-order valence-electron chi connectivity index (χ2n) is 7.71. The van der Waals surface area contributed by atoms with Gasteiger partial charge in [-0.15, -0.1) is 0 Å². The minimum absolute atomic E-state index is 0.0299. The summed E-state index contributed by atoms with van der Waals surface area (Å²) in [6.07, 6.45) is 1.17. The number of benzene rings is 1. The number of nitrogens with zero attached hydrogens (tertiary/aromatic N) is 2. The van der Waals surface area contributed by atoms with Gasteiger partial charge in [0.1, 0.15) is 17.8 Å². The monoisotopic (exact) mass is 465 g/mol. The van der Waals surface area contributed by atoms with E-state index in [0.29, 0.717) is 19.4 Å². The molecule has 0 bridgehead atoms. The molecular formula is C20H27N5O6S. The molecule has 2 saturated heterocycles. The van der Waals surface area contributed by atoms with Crippen molar-refractivity contribution in [2.45, 2.75) is 29.8 Å². The van der Waals surface area contributed by atoms with Gasteiger partial charge in [0, 0.05) is 19.6 Å². The van der Waals surface area contributed by atoms with Crippen LogP contribution in [0.2, 0.25) is 0 Å². The van der Waals surface area contributed by atoms with Crippen molar-refractivity contribution >= 4 is 33.5 Å². The zero-order valence-corrected chi connectivity index (χ0v) is 18.3. The molecule has 4 N–H and O–H groups in total. The molecule has 2 aliphatic rings. The van der Waals surface area contributed by atoms with E-state index in [1.807, 2.05) is 0 Å². The molecule has 11 nitrogen and oxygen atoms in total. The zero-order valence-electron chi connectivity index (χ0n) is 17.5. The van der Waals surface area contributed by atoms with Crippen molar-refractivity contribution in [3.8, 4) is 0 Å². The minimum Gasteiger partial charge on any atom is -0.354 e. The van der Waals surface area contributed by atoms with Gasteiger partial charge in [0.25, 0.3) is 0 Å². The van der Waals surface area contributed by atoms with Crippen molar-refractivity contribution in [2.24, 2.45) is 5.73 Å². The van der Waals surface area contributed by atoms with Gasteiger partial charge in [-0.2, -0.15) is 0 Å². The number of rotatable bonds is 6. The lowest BCUT2D eigenvalue weighted by Gasteiger charge is -2.41. The van der Waals surface area contributed by atoms with E-state index in [0.717, 1.165) is 0 Å². The topological polar surface area (TPSA) is 159 Å². The van der Waals surface area contributed by atoms with Crippen LogP contribution in [0.4, 0.5) is 0 Å². The Morgan fingerprint density at radius 1 is 1.12 bits per heavy atom. The Morgan fingerprint density at radius 3 is 2.50 bits per heavy atom. The molecule has 0 unspecified atom stereocenters. The zero-order chi connectivity index (χ0) is 23.3. The fourth-order valence-electron chi connectivity index (χ4n) is 3.79. The Hall–Kier alpha value is -2.99. The summed E-state index contributed by atoms with van der Waals surface area (Å²) in [6, 6.07) is 5.82. The summed E-state index contributed by atoms with van der Waals surface area (Å²) in [4.78, 5) is 52.5. The average Bonchev–Trinajstić information content (AvgIpc) is 2.80. The normalized spacial score (nSPS) is 21.6. The molecule has 1 aromatic rings. The lowest BCUT2D eigenvalue weighted by molar-refractivity contribution is -0.147. The highest BCUT2D eigenvalue weighted by Gasteiger charge is 2.39. The number of nitrogens with two attached hydrogens (primary N) is 1. The highest BCUT2D eigenvalue weighted by molar-refractivity contribution is 7.92. The number of carbonyl (C=O) groups is 4. The van der Waals surface area contributed by atoms with Gasteiger partial charge in [0.15, 0.2) is 9.84 Å². The van der Waals surface area contributed by atoms with Crippen molar-refractivity contribution < 1.29 is 27.6 Å². The van der Waals surface area contributed by atoms with Gasteiger partial charge in [0.2, 0.25) is 23.6 Å². The SMILES string of the molecule is NCC(=O)N1CCN(C(=O)CS(=O)(=O)c2ccccc2)C[C@@H]1C(=O)N[C@@H]1CCCNC1=O. The average molecular weight is 466 g/mol. The van der Waals surface area contributed by atoms with E-state index in [9.17, 15) is 27.6 Å². The first-order chi connectivity index (χ1) is 15.2. The van der Waals surface area contributed by atoms with Gasteiger partial charge in [-0.05, 0) is 25.0 Å². The molecule has 2 fully saturated rings. The van der Waals surface area contributed by atoms with Crippen molar-refractivity contribution in [3.63, 3.8) is 0 Å². The van der Waals surface area contributed by atoms with Crippen LogP contribution in [-0.4, -0.2) is 92.4 Å². The summed E-state index contributed by atoms with van der Waals surface area (Å²) in [6.45, 7) is 0.133. The van der Waals surface area contributed by atoms with Gasteiger partial charge < -0.3 is 26.2 Å². The highest BCUT2D eigenvalue weighted by Crippen LogP contribution is 2.15. The van der Waals surface area contributed by atoms with E-state index in [1.54, 1.807) is 18.2 Å². The summed E-state index contributed by atoms with van der Waals surface area (Å²) in [5.74, 6) is -2.78. The van der Waals surface area contributed by atoms with Crippen LogP contribution in [0.1, 0.15) is 12.8 Å². The van der Waals surface area contributed by atoms with Crippen molar-refractivity contribution in [2.75, 3.05) is 38.5 Å². The van der Waals surface area contributed by atoms with Gasteiger partial charge in [0.05, 0.1) is 18.0 Å². The van der Waals surface area contributed by atoms with Crippen molar-refractivity contribution in [1.82, 2.24) is 20.4 Å². The number of hydrogen-bond donors (Lipinski definition) is 3. The fourth-order valence-corrected chi connectivity index (χ4v) is 5.04. The second kappa shape index (κ2) is 10.1. The van der Waals surface area contributed by atoms with Crippen LogP contribution in [0, 0.1) is 0 Å². The van der Waals surface area contributed by atoms with Crippen LogP contribution in [0.25, 0.3) is 0 Å². The number of sulfone groups is 1. The van der Waals surface area contributed by atoms with E-state index < -0.39 is 45.4 Å². The summed E-state index contributed by atoms with van der Waals surface area (Å²) >= 11 is 0. The number of piperidine rings is 1. The number of carbonyl (C=O) groups excluding carboxylic acids is 4. The quantitative estimate of drug-likeness (QED) is 0.432. The maximum absolute atomic E-state index is 12.9. The molecular weight excluding hydrogens is 438 g/mol. The van der Waals surface area contributed by atoms with Gasteiger partial charge >= 0.3 is 0 Å². The standard InChI is InChI=1S/C20H27N5O6S/c21-11-17(26)25-10-9-24(18(27)13-32(30,31)14-5-2-1-3-6-14)12-16(25)20(29)23-15-7-4-8-22-19(15)28/h1-3,5-6,15-16H,4,7-13,21H2,(H,22,28)(H,23,29)/t15-,16-/m1/s1. The Labute approximate surface area is 186 Å². The molecule has 2 atom stereocenters. The summed E-state index contributed by atoms with van der Waals surface area (Å²) in [7, 11) is -3.86. The number of piperazine rings is 1. The first-order valence-electron chi connectivity index (χ1n) is 10.4. The third kappa shape index (κ3) is 5.43. The lowest BCUT2D eigenvalue weighted by atomic mass is 10.0. The van der Waals surface area contributed by atoms with Crippen molar-refractivity contribution in [1.29, 1.82) is 0 Å². The molecule has 12 heteroatoms. The molecule has 0 radical (unpaired) electrons. The van der Waals surface area contributed by atoms with Crippen LogP contribution < -0.4 is 16.4 Å². The third-order valence-electron chi connectivity index (χ3n) is 5.55. The Bertz CT molecular complexity index is 983. The Morgan fingerprint density at radius 2 is 1.84 bits per heavy atom. The maximum atomic E-state index is 12.9. The van der Waals surface area contributed by atoms with Gasteiger partial charge in [-0.3, -0.25) is 19.2 Å². The molecule has 3 rings (SSSR count). The lowest BCUT2D eigenvalue weighted by Crippen LogP contribution is -2.64. The number of hydrogen-bond acceptors (Lipinski definition) is 7. The minimum atomic E-state index is -3.86. The van der Waals surface area contributed by atoms with E-state index >= 15 is 0 Å². The van der Waals surface area contributed by atoms with E-state index in [-0.39, 0.29) is 37.0 Å². The molecule has 32 heavy (non-hydrogen) atoms. The largest absolute Gasteiger partial charge is 0.354 e. The molecule has 2 aliphatic heterocycles. The first-order valence-corrected chi connectivity index (χ1v) is 12.0. The van der Waals surface area contributed by atoms with E-state index in [1.165, 1.54) is 21.9 Å². The molecule has 0 aliphatic carbocycles. The molecule has 0 saturated carbocycles. The second-order valence-corrected chi connectivity index (χ2v) is 9.70. The maximum Gasteiger partial charge on any atom is 0.245 e. The predicted molar refractivity (Wildman–Crippen MR) is 114 cm³/mol. The summed E-state index contributed by atoms with van der Waals surface area (Å²) < 4.78 is 25.1. The molecule has 2 heterocycles. The molecule has 0 spiro atoms. The van der Waals surface area contributed by atoms with Crippen LogP contribution in [0.3, 0.4) is 0 Å². The fraction of sp³-hybridized carbons (Fsp3) is 0.500. The molecule has 1 aromatic carbocycles. The smallest absolute Gasteiger partial charge is 0.245 e. The predicted octanol–water partition coefficient (Wildman–Crippen LogP) is -2.15. The summed E-state index contributed by atoms with van der Waals surface area (Å²) in [5.41, 5.74) is 5.47. The van der Waals surface area contributed by atoms with E-state index in [4.69, 9.17) is 5.73 Å². The van der Waals surface area contributed by atoms with Crippen LogP contribution in [0.15, 0.2) is 35.2 Å².